The van der Waals surface area contributed by atoms with Crippen molar-refractivity contribution in [2.75, 3.05) is 0 Å². The highest BCUT2D eigenvalue weighted by Gasteiger charge is 2.25. The fourth-order valence-corrected chi connectivity index (χ4v) is 5.24. The molecule has 0 radical (unpaired) electrons. The van der Waals surface area contributed by atoms with Crippen LogP contribution in [0.15, 0.2) is 59.4 Å². The van der Waals surface area contributed by atoms with Crippen molar-refractivity contribution in [1.82, 2.24) is 38.8 Å². The van der Waals surface area contributed by atoms with E-state index in [4.69, 9.17) is 4.63 Å². The van der Waals surface area contributed by atoms with Gasteiger partial charge in [-0.25, -0.2) is 4.63 Å². The molecule has 0 bridgehead atoms. The first-order chi connectivity index (χ1) is 15.9. The Kier molecular flexibility index (Phi) is 3.68. The molecule has 0 atom stereocenters. The summed E-state index contributed by atoms with van der Waals surface area (Å²) < 4.78 is 19.3. The fourth-order valence-electron chi connectivity index (χ4n) is 4.10. The Hall–Kier alpha value is -4.09. The molecular formula is C21H10N8OS2. The molecule has 7 rings (SSSR count). The summed E-state index contributed by atoms with van der Waals surface area (Å²) in [5, 5.41) is 20.1. The van der Waals surface area contributed by atoms with Crippen LogP contribution in [0.4, 0.5) is 0 Å². The van der Waals surface area contributed by atoms with E-state index in [1.807, 2.05) is 48.5 Å². The molecule has 0 fully saturated rings. The van der Waals surface area contributed by atoms with Crippen molar-refractivity contribution in [3.8, 4) is 33.5 Å². The molecule has 0 unspecified atom stereocenters. The van der Waals surface area contributed by atoms with E-state index in [9.17, 15) is 0 Å². The molecule has 0 saturated carbocycles. The summed E-state index contributed by atoms with van der Waals surface area (Å²) in [4.78, 5) is 0. The van der Waals surface area contributed by atoms with E-state index in [1.165, 1.54) is 23.3 Å². The number of nitrogens with one attached hydrogen (secondary N) is 1. The fraction of sp³-hybridized carbons (Fsp3) is 0. The lowest BCUT2D eigenvalue weighted by atomic mass is 9.87. The van der Waals surface area contributed by atoms with E-state index in [0.29, 0.717) is 11.0 Å². The third-order valence-corrected chi connectivity index (χ3v) is 6.68. The summed E-state index contributed by atoms with van der Waals surface area (Å²) in [7, 11) is 0. The minimum absolute atomic E-state index is 0.636. The van der Waals surface area contributed by atoms with Crippen LogP contribution < -0.4 is 0 Å². The average Bonchev–Trinajstić information content (AvgIpc) is 3.62. The van der Waals surface area contributed by atoms with Crippen LogP contribution in [-0.4, -0.2) is 38.8 Å². The molecule has 4 heterocycles. The maximum absolute atomic E-state index is 5.17. The van der Waals surface area contributed by atoms with E-state index in [1.54, 1.807) is 6.20 Å². The van der Waals surface area contributed by atoms with E-state index in [2.05, 4.69) is 38.8 Å². The molecule has 0 aliphatic heterocycles. The molecule has 152 valence electrons. The lowest BCUT2D eigenvalue weighted by Crippen LogP contribution is -1.95. The molecule has 0 spiro atoms. The number of hydrogen-bond acceptors (Lipinski definition) is 10. The van der Waals surface area contributed by atoms with Gasteiger partial charge in [0.1, 0.15) is 27.6 Å². The van der Waals surface area contributed by atoms with Gasteiger partial charge in [-0.15, -0.1) is 5.10 Å². The Morgan fingerprint density at radius 3 is 2.59 bits per heavy atom. The SMILES string of the molecule is c1cc(-c2c(-c3cccc4snnc34)c(-c3ccn[nH]3)cc3nonc23)c2nsnc2c1. The summed E-state index contributed by atoms with van der Waals surface area (Å²) in [5.41, 5.74) is 9.08. The zero-order chi connectivity index (χ0) is 21.1. The summed E-state index contributed by atoms with van der Waals surface area (Å²) in [5.74, 6) is 0. The predicted octanol–water partition coefficient (Wildman–Crippen LogP) is 4.96. The minimum Gasteiger partial charge on any atom is -0.278 e. The van der Waals surface area contributed by atoms with E-state index in [0.717, 1.165) is 54.8 Å². The molecule has 0 saturated heterocycles. The van der Waals surface area contributed by atoms with Gasteiger partial charge in [-0.3, -0.25) is 5.10 Å². The van der Waals surface area contributed by atoms with Gasteiger partial charge in [0.2, 0.25) is 0 Å². The standard InChI is InChI=1S/C21H10N8OS2/c1-3-11(19-14(5-1)27-32-28-19)18-17(10-4-2-6-16-20(10)24-29-31-16)12(13-7-8-22-23-13)9-15-21(18)26-30-25-15/h1-9H,(H,22,23). The van der Waals surface area contributed by atoms with Crippen molar-refractivity contribution in [2.24, 2.45) is 0 Å². The van der Waals surface area contributed by atoms with Gasteiger partial charge < -0.3 is 0 Å². The zero-order valence-corrected chi connectivity index (χ0v) is 17.7. The average molecular weight is 455 g/mol. The lowest BCUT2D eigenvalue weighted by Gasteiger charge is -2.16. The number of aromatic amines is 1. The van der Waals surface area contributed by atoms with Crippen molar-refractivity contribution in [2.45, 2.75) is 0 Å². The van der Waals surface area contributed by atoms with Gasteiger partial charge in [0.05, 0.1) is 22.1 Å². The minimum atomic E-state index is 0.636. The van der Waals surface area contributed by atoms with Crippen LogP contribution in [0.5, 0.6) is 0 Å². The zero-order valence-electron chi connectivity index (χ0n) is 16.1. The number of H-pyrrole nitrogens is 1. The highest BCUT2D eigenvalue weighted by Crippen LogP contribution is 2.46. The molecule has 1 N–H and O–H groups in total. The Labute approximate surface area is 187 Å². The van der Waals surface area contributed by atoms with Gasteiger partial charge in [-0.05, 0) is 46.1 Å². The largest absolute Gasteiger partial charge is 0.278 e. The van der Waals surface area contributed by atoms with Gasteiger partial charge in [0, 0.05) is 34.0 Å². The van der Waals surface area contributed by atoms with Gasteiger partial charge in [0.15, 0.2) is 0 Å². The van der Waals surface area contributed by atoms with Crippen LogP contribution in [0.1, 0.15) is 0 Å². The van der Waals surface area contributed by atoms with E-state index in [-0.39, 0.29) is 0 Å². The van der Waals surface area contributed by atoms with Crippen LogP contribution >= 0.6 is 23.3 Å². The van der Waals surface area contributed by atoms with E-state index >= 15 is 0 Å². The molecule has 11 heteroatoms. The highest BCUT2D eigenvalue weighted by atomic mass is 32.1. The van der Waals surface area contributed by atoms with Crippen molar-refractivity contribution in [3.05, 3.63) is 54.7 Å². The predicted molar refractivity (Wildman–Crippen MR) is 122 cm³/mol. The normalized spacial score (nSPS) is 11.8. The topological polar surface area (TPSA) is 119 Å². The Morgan fingerprint density at radius 2 is 1.69 bits per heavy atom. The molecule has 0 aliphatic carbocycles. The molecule has 3 aromatic carbocycles. The van der Waals surface area contributed by atoms with Gasteiger partial charge in [-0.2, -0.15) is 13.8 Å². The van der Waals surface area contributed by atoms with Gasteiger partial charge in [0.25, 0.3) is 0 Å². The summed E-state index contributed by atoms with van der Waals surface area (Å²) >= 11 is 2.54. The second kappa shape index (κ2) is 6.70. The number of benzene rings is 3. The first kappa shape index (κ1) is 17.6. The van der Waals surface area contributed by atoms with Crippen LogP contribution in [0, 0.1) is 0 Å². The van der Waals surface area contributed by atoms with Crippen LogP contribution in [0.25, 0.3) is 65.8 Å². The second-order valence-electron chi connectivity index (χ2n) is 7.14. The number of hydrogen-bond donors (Lipinski definition) is 1. The molecule has 0 amide bonds. The van der Waals surface area contributed by atoms with Crippen molar-refractivity contribution < 1.29 is 4.63 Å². The number of rotatable bonds is 3. The lowest BCUT2D eigenvalue weighted by molar-refractivity contribution is 0.315. The molecule has 7 aromatic rings. The van der Waals surface area contributed by atoms with Crippen LogP contribution in [0.3, 0.4) is 0 Å². The smallest absolute Gasteiger partial charge is 0.143 e. The maximum atomic E-state index is 5.17. The van der Waals surface area contributed by atoms with Crippen molar-refractivity contribution in [1.29, 1.82) is 0 Å². The Balaban J connectivity index is 1.72. The quantitative estimate of drug-likeness (QED) is 0.398. The van der Waals surface area contributed by atoms with Crippen LogP contribution in [-0.2, 0) is 0 Å². The molecule has 4 aromatic heterocycles. The number of nitrogens with zero attached hydrogens (tertiary/aromatic N) is 7. The van der Waals surface area contributed by atoms with E-state index < -0.39 is 0 Å². The third-order valence-electron chi connectivity index (χ3n) is 5.45. The van der Waals surface area contributed by atoms with Gasteiger partial charge >= 0.3 is 0 Å². The molecule has 0 aliphatic rings. The summed E-state index contributed by atoms with van der Waals surface area (Å²) in [6.07, 6.45) is 1.72. The first-order valence-electron chi connectivity index (χ1n) is 9.60. The first-order valence-corrected chi connectivity index (χ1v) is 11.1. The van der Waals surface area contributed by atoms with Crippen LogP contribution in [0.2, 0.25) is 0 Å². The Morgan fingerprint density at radius 1 is 0.781 bits per heavy atom. The molecular weight excluding hydrogens is 444 g/mol. The van der Waals surface area contributed by atoms with Crippen molar-refractivity contribution >= 4 is 55.5 Å². The monoisotopic (exact) mass is 454 g/mol. The maximum Gasteiger partial charge on any atom is 0.143 e. The second-order valence-corrected chi connectivity index (χ2v) is 8.45. The number of fused-ring (bicyclic) bond motifs is 3. The third kappa shape index (κ3) is 2.46. The highest BCUT2D eigenvalue weighted by molar-refractivity contribution is 7.13. The Bertz CT molecular complexity index is 1750. The number of aromatic nitrogens is 8. The summed E-state index contributed by atoms with van der Waals surface area (Å²) in [6.45, 7) is 0. The molecule has 32 heavy (non-hydrogen) atoms. The molecule has 9 nitrogen and oxygen atoms in total. The van der Waals surface area contributed by atoms with Crippen molar-refractivity contribution in [3.63, 3.8) is 0 Å². The summed E-state index contributed by atoms with van der Waals surface area (Å²) in [6, 6.07) is 15.9. The van der Waals surface area contributed by atoms with Gasteiger partial charge in [-0.1, -0.05) is 28.8 Å².